The minimum absolute atomic E-state index is 0.368. The summed E-state index contributed by atoms with van der Waals surface area (Å²) in [4.78, 5) is 4.36. The Kier molecular flexibility index (Phi) is 2.68. The van der Waals surface area contributed by atoms with Gasteiger partial charge in [-0.1, -0.05) is 17.7 Å². The van der Waals surface area contributed by atoms with Gasteiger partial charge in [0, 0.05) is 19.3 Å². The highest BCUT2D eigenvalue weighted by Crippen LogP contribution is 2.31. The molecule has 0 saturated carbocycles. The molecule has 0 spiro atoms. The maximum atomic E-state index is 6.13. The van der Waals surface area contributed by atoms with Crippen molar-refractivity contribution < 1.29 is 4.74 Å². The van der Waals surface area contributed by atoms with Crippen LogP contribution in [-0.2, 0) is 4.74 Å². The number of nitrogens with zero attached hydrogens (tertiary/aromatic N) is 2. The van der Waals surface area contributed by atoms with Gasteiger partial charge < -0.3 is 15.0 Å². The number of halogens is 1. The number of nitrogen functional groups attached to an aromatic ring is 1. The standard InChI is InChI=1S/C12H14ClN3O/c13-9-2-1-3-10-11(9)15-12(14)16(10)8-4-6-17-7-5-8/h1-3,8H,4-7H2,(H2,14,15). The molecule has 0 unspecified atom stereocenters. The molecule has 0 atom stereocenters. The van der Waals surface area contributed by atoms with Crippen molar-refractivity contribution in [2.24, 2.45) is 0 Å². The predicted molar refractivity (Wildman–Crippen MR) is 68.2 cm³/mol. The molecule has 1 aromatic heterocycles. The Bertz CT molecular complexity index is 546. The van der Waals surface area contributed by atoms with Gasteiger partial charge in [-0.25, -0.2) is 4.98 Å². The summed E-state index contributed by atoms with van der Waals surface area (Å²) < 4.78 is 7.46. The molecule has 17 heavy (non-hydrogen) atoms. The fourth-order valence-corrected chi connectivity index (χ4v) is 2.64. The lowest BCUT2D eigenvalue weighted by atomic mass is 10.1. The number of ether oxygens (including phenoxy) is 1. The van der Waals surface area contributed by atoms with Gasteiger partial charge in [0.1, 0.15) is 5.52 Å². The first-order chi connectivity index (χ1) is 8.27. The van der Waals surface area contributed by atoms with E-state index in [4.69, 9.17) is 22.1 Å². The first-order valence-electron chi connectivity index (χ1n) is 5.77. The first-order valence-corrected chi connectivity index (χ1v) is 6.15. The van der Waals surface area contributed by atoms with E-state index in [2.05, 4.69) is 9.55 Å². The smallest absolute Gasteiger partial charge is 0.201 e. The van der Waals surface area contributed by atoms with Crippen LogP contribution in [0.1, 0.15) is 18.9 Å². The van der Waals surface area contributed by atoms with E-state index in [1.54, 1.807) is 0 Å². The van der Waals surface area contributed by atoms with Gasteiger partial charge in [0.2, 0.25) is 5.95 Å². The Labute approximate surface area is 104 Å². The molecular formula is C12H14ClN3O. The average molecular weight is 252 g/mol. The summed E-state index contributed by atoms with van der Waals surface area (Å²) in [6.45, 7) is 1.56. The number of para-hydroxylation sites is 1. The summed E-state index contributed by atoms with van der Waals surface area (Å²) in [5.41, 5.74) is 7.81. The van der Waals surface area contributed by atoms with Crippen LogP contribution in [0.3, 0.4) is 0 Å². The van der Waals surface area contributed by atoms with Gasteiger partial charge in [0.05, 0.1) is 10.5 Å². The third-order valence-corrected chi connectivity index (χ3v) is 3.56. The van der Waals surface area contributed by atoms with Crippen LogP contribution in [0.25, 0.3) is 11.0 Å². The van der Waals surface area contributed by atoms with Crippen LogP contribution >= 0.6 is 11.6 Å². The van der Waals surface area contributed by atoms with Crippen molar-refractivity contribution in [1.82, 2.24) is 9.55 Å². The van der Waals surface area contributed by atoms with Crippen LogP contribution in [0.5, 0.6) is 0 Å². The summed E-state index contributed by atoms with van der Waals surface area (Å²) in [6.07, 6.45) is 1.95. The normalized spacial score (nSPS) is 17.7. The van der Waals surface area contributed by atoms with E-state index in [1.165, 1.54) is 0 Å². The number of anilines is 1. The maximum Gasteiger partial charge on any atom is 0.201 e. The zero-order valence-electron chi connectivity index (χ0n) is 9.40. The number of fused-ring (bicyclic) bond motifs is 1. The summed E-state index contributed by atoms with van der Waals surface area (Å²) in [5, 5.41) is 0.653. The lowest BCUT2D eigenvalue weighted by Gasteiger charge is -2.24. The highest BCUT2D eigenvalue weighted by atomic mass is 35.5. The SMILES string of the molecule is Nc1nc2c(Cl)cccc2n1C1CCOCC1. The van der Waals surface area contributed by atoms with Crippen LogP contribution in [-0.4, -0.2) is 22.8 Å². The molecule has 1 aliphatic rings. The average Bonchev–Trinajstić information content (AvgIpc) is 2.68. The van der Waals surface area contributed by atoms with Crippen LogP contribution in [0.4, 0.5) is 5.95 Å². The van der Waals surface area contributed by atoms with Gasteiger partial charge in [-0.3, -0.25) is 0 Å². The Morgan fingerprint density at radius 2 is 2.12 bits per heavy atom. The van der Waals surface area contributed by atoms with E-state index < -0.39 is 0 Å². The molecule has 90 valence electrons. The zero-order chi connectivity index (χ0) is 11.8. The minimum Gasteiger partial charge on any atom is -0.381 e. The summed E-state index contributed by atoms with van der Waals surface area (Å²) in [6, 6.07) is 6.15. The van der Waals surface area contributed by atoms with Crippen molar-refractivity contribution in [2.45, 2.75) is 18.9 Å². The van der Waals surface area contributed by atoms with Gasteiger partial charge in [-0.05, 0) is 25.0 Å². The number of nitrogens with two attached hydrogens (primary N) is 1. The predicted octanol–water partition coefficient (Wildman–Crippen LogP) is 2.62. The van der Waals surface area contributed by atoms with Crippen molar-refractivity contribution in [3.05, 3.63) is 23.2 Å². The van der Waals surface area contributed by atoms with Crippen molar-refractivity contribution in [3.8, 4) is 0 Å². The van der Waals surface area contributed by atoms with Crippen molar-refractivity contribution in [2.75, 3.05) is 18.9 Å². The van der Waals surface area contributed by atoms with Gasteiger partial charge in [-0.2, -0.15) is 0 Å². The molecule has 1 aromatic carbocycles. The quantitative estimate of drug-likeness (QED) is 0.848. The monoisotopic (exact) mass is 251 g/mol. The topological polar surface area (TPSA) is 53.1 Å². The molecule has 2 N–H and O–H groups in total. The number of hydrogen-bond acceptors (Lipinski definition) is 3. The molecule has 5 heteroatoms. The third-order valence-electron chi connectivity index (χ3n) is 3.25. The van der Waals surface area contributed by atoms with E-state index in [0.717, 1.165) is 37.1 Å². The molecule has 0 radical (unpaired) electrons. The Balaban J connectivity index is 2.14. The second-order valence-electron chi connectivity index (χ2n) is 4.29. The highest BCUT2D eigenvalue weighted by Gasteiger charge is 2.21. The van der Waals surface area contributed by atoms with Crippen LogP contribution in [0.15, 0.2) is 18.2 Å². The van der Waals surface area contributed by atoms with Crippen molar-refractivity contribution in [3.63, 3.8) is 0 Å². The van der Waals surface area contributed by atoms with Gasteiger partial charge in [-0.15, -0.1) is 0 Å². The molecule has 4 nitrogen and oxygen atoms in total. The second-order valence-corrected chi connectivity index (χ2v) is 4.70. The maximum absolute atomic E-state index is 6.13. The highest BCUT2D eigenvalue weighted by molar-refractivity contribution is 6.35. The Hall–Kier alpha value is -1.26. The van der Waals surface area contributed by atoms with E-state index in [-0.39, 0.29) is 0 Å². The van der Waals surface area contributed by atoms with Crippen LogP contribution in [0.2, 0.25) is 5.02 Å². The van der Waals surface area contributed by atoms with E-state index in [1.807, 2.05) is 18.2 Å². The lowest BCUT2D eigenvalue weighted by Crippen LogP contribution is -2.20. The molecule has 2 aromatic rings. The fraction of sp³-hybridized carbons (Fsp3) is 0.417. The van der Waals surface area contributed by atoms with Gasteiger partial charge in [0.15, 0.2) is 0 Å². The van der Waals surface area contributed by atoms with Gasteiger partial charge in [0.25, 0.3) is 0 Å². The van der Waals surface area contributed by atoms with Crippen molar-refractivity contribution in [1.29, 1.82) is 0 Å². The van der Waals surface area contributed by atoms with Gasteiger partial charge >= 0.3 is 0 Å². The Morgan fingerprint density at radius 3 is 2.88 bits per heavy atom. The summed E-state index contributed by atoms with van der Waals surface area (Å²) in [7, 11) is 0. The van der Waals surface area contributed by atoms with Crippen molar-refractivity contribution >= 4 is 28.6 Å². The molecule has 3 rings (SSSR count). The lowest BCUT2D eigenvalue weighted by molar-refractivity contribution is 0.0711. The number of benzene rings is 1. The van der Waals surface area contributed by atoms with Crippen LogP contribution in [0, 0.1) is 0 Å². The van der Waals surface area contributed by atoms with Crippen LogP contribution < -0.4 is 5.73 Å². The molecule has 1 fully saturated rings. The summed E-state index contributed by atoms with van der Waals surface area (Å²) in [5.74, 6) is 0.542. The number of aromatic nitrogens is 2. The fourth-order valence-electron chi connectivity index (χ4n) is 2.43. The third kappa shape index (κ3) is 1.77. The number of imidazole rings is 1. The Morgan fingerprint density at radius 1 is 1.35 bits per heavy atom. The largest absolute Gasteiger partial charge is 0.381 e. The summed E-state index contributed by atoms with van der Waals surface area (Å²) >= 11 is 6.13. The zero-order valence-corrected chi connectivity index (χ0v) is 10.2. The molecule has 2 heterocycles. The molecule has 0 amide bonds. The molecular weight excluding hydrogens is 238 g/mol. The molecule has 1 aliphatic heterocycles. The molecule has 0 aliphatic carbocycles. The number of hydrogen-bond donors (Lipinski definition) is 1. The van der Waals surface area contributed by atoms with E-state index in [0.29, 0.717) is 17.0 Å². The first kappa shape index (κ1) is 10.9. The molecule has 0 bridgehead atoms. The van der Waals surface area contributed by atoms with E-state index >= 15 is 0 Å². The number of rotatable bonds is 1. The second kappa shape index (κ2) is 4.20. The van der Waals surface area contributed by atoms with E-state index in [9.17, 15) is 0 Å². The minimum atomic E-state index is 0.368. The molecule has 1 saturated heterocycles.